The van der Waals surface area contributed by atoms with Crippen LogP contribution in [0.1, 0.15) is 18.9 Å². The second-order valence-corrected chi connectivity index (χ2v) is 5.23. The number of hydrogen-bond donors (Lipinski definition) is 1. The van der Waals surface area contributed by atoms with Crippen molar-refractivity contribution in [3.63, 3.8) is 0 Å². The Hall–Kier alpha value is -1.54. The Balaban J connectivity index is 2.16. The number of aromatic nitrogens is 4. The molecule has 0 spiro atoms. The van der Waals surface area contributed by atoms with E-state index in [1.54, 1.807) is 7.05 Å². The molecule has 2 rings (SSSR count). The molecule has 0 radical (unpaired) electrons. The summed E-state index contributed by atoms with van der Waals surface area (Å²) < 4.78 is 29.3. The fourth-order valence-electron chi connectivity index (χ4n) is 1.62. The van der Waals surface area contributed by atoms with Crippen LogP contribution in [0.5, 0.6) is 0 Å². The lowest BCUT2D eigenvalue weighted by atomic mass is 10.2. The van der Waals surface area contributed by atoms with Crippen molar-refractivity contribution >= 4 is 11.8 Å². The third kappa shape index (κ3) is 3.51. The van der Waals surface area contributed by atoms with Gasteiger partial charge in [0.2, 0.25) is 5.16 Å². The summed E-state index contributed by atoms with van der Waals surface area (Å²) in [6, 6.07) is 2.66. The molecular weight excluding hydrogens is 284 g/mol. The summed E-state index contributed by atoms with van der Waals surface area (Å²) in [6.45, 7) is 3.28. The molecule has 0 saturated heterocycles. The van der Waals surface area contributed by atoms with Gasteiger partial charge in [0, 0.05) is 13.6 Å². The van der Waals surface area contributed by atoms with Crippen molar-refractivity contribution in [2.24, 2.45) is 7.05 Å². The Labute approximate surface area is 119 Å². The van der Waals surface area contributed by atoms with E-state index in [1.807, 2.05) is 6.92 Å². The normalized spacial score (nSPS) is 11.0. The van der Waals surface area contributed by atoms with Gasteiger partial charge in [0.15, 0.2) is 0 Å². The zero-order valence-electron chi connectivity index (χ0n) is 11.2. The first-order chi connectivity index (χ1) is 9.61. The molecule has 108 valence electrons. The molecule has 0 atom stereocenters. The Morgan fingerprint density at radius 2 is 2.00 bits per heavy atom. The summed E-state index contributed by atoms with van der Waals surface area (Å²) >= 11 is 0.868. The molecule has 2 aromatic rings. The van der Waals surface area contributed by atoms with Gasteiger partial charge in [0.25, 0.3) is 0 Å². The Morgan fingerprint density at radius 3 is 2.55 bits per heavy atom. The largest absolute Gasteiger partial charge is 0.313 e. The number of nitrogens with zero attached hydrogens (tertiary/aromatic N) is 4. The number of nitrogens with one attached hydrogen (secondary N) is 1. The number of rotatable bonds is 6. The highest BCUT2D eigenvalue weighted by atomic mass is 32.2. The molecule has 0 amide bonds. The van der Waals surface area contributed by atoms with Crippen LogP contribution in [0.25, 0.3) is 0 Å². The van der Waals surface area contributed by atoms with E-state index in [1.165, 1.54) is 16.8 Å². The Bertz CT molecular complexity index is 564. The van der Waals surface area contributed by atoms with Crippen LogP contribution in [0.15, 0.2) is 22.2 Å². The number of hydrogen-bond acceptors (Lipinski definition) is 5. The molecular formula is C12H15F2N5S. The molecule has 0 unspecified atom stereocenters. The van der Waals surface area contributed by atoms with Crippen LogP contribution in [-0.4, -0.2) is 26.8 Å². The lowest BCUT2D eigenvalue weighted by Gasteiger charge is -2.08. The van der Waals surface area contributed by atoms with Gasteiger partial charge in [-0.15, -0.1) is 5.10 Å². The van der Waals surface area contributed by atoms with Crippen molar-refractivity contribution < 1.29 is 8.78 Å². The number of aryl methyl sites for hydroxylation is 1. The maximum atomic E-state index is 14.0. The minimum absolute atomic E-state index is 0.0952. The molecule has 1 aromatic heterocycles. The van der Waals surface area contributed by atoms with Gasteiger partial charge in [-0.3, -0.25) is 0 Å². The second kappa shape index (κ2) is 6.76. The van der Waals surface area contributed by atoms with Crippen LogP contribution in [0.3, 0.4) is 0 Å². The van der Waals surface area contributed by atoms with Gasteiger partial charge in [0.05, 0.1) is 4.90 Å². The van der Waals surface area contributed by atoms with Crippen molar-refractivity contribution in [1.82, 2.24) is 25.5 Å². The summed E-state index contributed by atoms with van der Waals surface area (Å²) in [7, 11) is 1.61. The maximum Gasteiger partial charge on any atom is 0.214 e. The summed E-state index contributed by atoms with van der Waals surface area (Å²) in [6.07, 6.45) is 0.970. The molecule has 1 N–H and O–H groups in total. The summed E-state index contributed by atoms with van der Waals surface area (Å²) in [5, 5.41) is 14.2. The van der Waals surface area contributed by atoms with E-state index in [4.69, 9.17) is 0 Å². The highest BCUT2D eigenvalue weighted by Crippen LogP contribution is 2.30. The number of benzene rings is 1. The van der Waals surface area contributed by atoms with Crippen LogP contribution < -0.4 is 5.32 Å². The molecule has 20 heavy (non-hydrogen) atoms. The third-order valence-corrected chi connectivity index (χ3v) is 3.71. The standard InChI is InChI=1S/C12H15F2N5S/c1-3-4-15-7-8-5-9(13)11(10(14)6-8)20-12-16-17-18-19(12)2/h5-6,15H,3-4,7H2,1-2H3. The van der Waals surface area contributed by atoms with Gasteiger partial charge in [-0.05, 0) is 52.9 Å². The van der Waals surface area contributed by atoms with E-state index in [0.29, 0.717) is 17.3 Å². The first-order valence-corrected chi connectivity index (χ1v) is 7.02. The highest BCUT2D eigenvalue weighted by molar-refractivity contribution is 7.99. The van der Waals surface area contributed by atoms with Crippen LogP contribution in [-0.2, 0) is 13.6 Å². The Kier molecular flexibility index (Phi) is 5.02. The van der Waals surface area contributed by atoms with Crippen LogP contribution in [0.4, 0.5) is 8.78 Å². The Morgan fingerprint density at radius 1 is 1.30 bits per heavy atom. The van der Waals surface area contributed by atoms with Gasteiger partial charge >= 0.3 is 0 Å². The van der Waals surface area contributed by atoms with Gasteiger partial charge in [0.1, 0.15) is 11.6 Å². The van der Waals surface area contributed by atoms with Crippen molar-refractivity contribution in [3.8, 4) is 0 Å². The predicted molar refractivity (Wildman–Crippen MR) is 71.3 cm³/mol. The fraction of sp³-hybridized carbons (Fsp3) is 0.417. The van der Waals surface area contributed by atoms with Crippen LogP contribution in [0.2, 0.25) is 0 Å². The third-order valence-electron chi connectivity index (χ3n) is 2.59. The molecule has 0 saturated carbocycles. The van der Waals surface area contributed by atoms with E-state index >= 15 is 0 Å². The topological polar surface area (TPSA) is 55.6 Å². The average Bonchev–Trinajstić information content (AvgIpc) is 2.80. The lowest BCUT2D eigenvalue weighted by Crippen LogP contribution is -2.14. The first kappa shape index (κ1) is 14.9. The van der Waals surface area contributed by atoms with E-state index in [2.05, 4.69) is 20.8 Å². The zero-order chi connectivity index (χ0) is 14.5. The molecule has 0 bridgehead atoms. The van der Waals surface area contributed by atoms with Crippen LogP contribution in [0, 0.1) is 11.6 Å². The average molecular weight is 299 g/mol. The smallest absolute Gasteiger partial charge is 0.214 e. The van der Waals surface area contributed by atoms with Gasteiger partial charge in [-0.25, -0.2) is 13.5 Å². The first-order valence-electron chi connectivity index (χ1n) is 6.20. The van der Waals surface area contributed by atoms with Gasteiger partial charge < -0.3 is 5.32 Å². The SMILES string of the molecule is CCCNCc1cc(F)c(Sc2nnnn2C)c(F)c1. The van der Waals surface area contributed by atoms with E-state index < -0.39 is 11.6 Å². The summed E-state index contributed by atoms with van der Waals surface area (Å²) in [5.74, 6) is -1.21. The molecule has 1 heterocycles. The zero-order valence-corrected chi connectivity index (χ0v) is 12.0. The van der Waals surface area contributed by atoms with Gasteiger partial charge in [-0.2, -0.15) is 0 Å². The van der Waals surface area contributed by atoms with Gasteiger partial charge in [-0.1, -0.05) is 6.92 Å². The molecule has 1 aromatic carbocycles. The fourth-order valence-corrected chi connectivity index (χ4v) is 2.36. The maximum absolute atomic E-state index is 14.0. The molecule has 0 aliphatic heterocycles. The van der Waals surface area contributed by atoms with Crippen molar-refractivity contribution in [3.05, 3.63) is 29.3 Å². The molecule has 0 aliphatic carbocycles. The van der Waals surface area contributed by atoms with Crippen molar-refractivity contribution in [2.45, 2.75) is 29.9 Å². The summed E-state index contributed by atoms with van der Waals surface area (Å²) in [5.41, 5.74) is 0.578. The highest BCUT2D eigenvalue weighted by Gasteiger charge is 2.15. The minimum atomic E-state index is -0.605. The molecule has 5 nitrogen and oxygen atoms in total. The lowest BCUT2D eigenvalue weighted by molar-refractivity contribution is 0.533. The molecule has 0 fully saturated rings. The quantitative estimate of drug-likeness (QED) is 0.828. The van der Waals surface area contributed by atoms with E-state index in [9.17, 15) is 8.78 Å². The van der Waals surface area contributed by atoms with Crippen molar-refractivity contribution in [2.75, 3.05) is 6.54 Å². The second-order valence-electron chi connectivity index (χ2n) is 4.25. The number of tetrazole rings is 1. The van der Waals surface area contributed by atoms with Crippen molar-refractivity contribution in [1.29, 1.82) is 0 Å². The minimum Gasteiger partial charge on any atom is -0.313 e. The monoisotopic (exact) mass is 299 g/mol. The predicted octanol–water partition coefficient (Wildman–Crippen LogP) is 2.14. The van der Waals surface area contributed by atoms with Crippen LogP contribution >= 0.6 is 11.8 Å². The molecule has 0 aliphatic rings. The molecule has 8 heteroatoms. The van der Waals surface area contributed by atoms with E-state index in [-0.39, 0.29) is 4.90 Å². The van der Waals surface area contributed by atoms with E-state index in [0.717, 1.165) is 24.7 Å². The number of halogens is 2. The summed E-state index contributed by atoms with van der Waals surface area (Å²) in [4.78, 5) is -0.0952.